The van der Waals surface area contributed by atoms with Crippen LogP contribution in [0.15, 0.2) is 0 Å². The van der Waals surface area contributed by atoms with Gasteiger partial charge in [-0.25, -0.2) is 0 Å². The summed E-state index contributed by atoms with van der Waals surface area (Å²) in [7, 11) is 0. The Hall–Kier alpha value is -0.140. The van der Waals surface area contributed by atoms with Gasteiger partial charge in [0.05, 0.1) is 6.61 Å². The minimum Gasteiger partial charge on any atom is -0.461 e. The molecule has 0 saturated carbocycles. The third kappa shape index (κ3) is 6.33. The molecule has 1 N–H and O–H groups in total. The molecule has 0 amide bonds. The molecule has 7 heteroatoms. The van der Waals surface area contributed by atoms with Crippen LogP contribution in [0.2, 0.25) is 0 Å². The zero-order valence-electron chi connectivity index (χ0n) is 7.24. The second kappa shape index (κ2) is 8.19. The quantitative estimate of drug-likeness (QED) is 0.556. The SMILES string of the molecule is O=C(CBr)OCC(CO)OC(=O)CBr. The molecule has 0 radical (unpaired) electrons. The van der Waals surface area contributed by atoms with E-state index in [9.17, 15) is 9.59 Å². The molecule has 0 aliphatic carbocycles. The number of hydrogen-bond acceptors (Lipinski definition) is 5. The first-order valence-electron chi connectivity index (χ1n) is 3.72. The summed E-state index contributed by atoms with van der Waals surface area (Å²) in [5.74, 6) is -0.989. The predicted molar refractivity (Wildman–Crippen MR) is 55.5 cm³/mol. The Morgan fingerprint density at radius 3 is 2.21 bits per heavy atom. The molecule has 0 spiro atoms. The summed E-state index contributed by atoms with van der Waals surface area (Å²) in [6.45, 7) is -0.520. The third-order valence-electron chi connectivity index (χ3n) is 1.15. The highest BCUT2D eigenvalue weighted by molar-refractivity contribution is 9.09. The zero-order valence-corrected chi connectivity index (χ0v) is 10.4. The van der Waals surface area contributed by atoms with Crippen LogP contribution in [0.5, 0.6) is 0 Å². The molecule has 0 aromatic heterocycles. The average molecular weight is 334 g/mol. The summed E-state index contributed by atoms with van der Waals surface area (Å²) >= 11 is 5.79. The highest BCUT2D eigenvalue weighted by Gasteiger charge is 2.14. The Labute approximate surface area is 98.0 Å². The van der Waals surface area contributed by atoms with Crippen LogP contribution in [0.25, 0.3) is 0 Å². The highest BCUT2D eigenvalue weighted by atomic mass is 79.9. The van der Waals surface area contributed by atoms with Crippen molar-refractivity contribution in [3.05, 3.63) is 0 Å². The smallest absolute Gasteiger partial charge is 0.317 e. The second-order valence-electron chi connectivity index (χ2n) is 2.24. The van der Waals surface area contributed by atoms with Crippen molar-refractivity contribution < 1.29 is 24.2 Å². The van der Waals surface area contributed by atoms with E-state index in [0.29, 0.717) is 0 Å². The Kier molecular flexibility index (Phi) is 8.11. The van der Waals surface area contributed by atoms with Crippen molar-refractivity contribution in [2.45, 2.75) is 6.10 Å². The largest absolute Gasteiger partial charge is 0.461 e. The topological polar surface area (TPSA) is 72.8 Å². The Bertz CT molecular complexity index is 197. The van der Waals surface area contributed by atoms with Crippen molar-refractivity contribution in [1.82, 2.24) is 0 Å². The molecule has 0 aliphatic heterocycles. The molecule has 82 valence electrons. The summed E-state index contributed by atoms with van der Waals surface area (Å²) in [5, 5.41) is 8.87. The van der Waals surface area contributed by atoms with Gasteiger partial charge < -0.3 is 14.6 Å². The fraction of sp³-hybridized carbons (Fsp3) is 0.714. The van der Waals surface area contributed by atoms with E-state index in [0.717, 1.165) is 0 Å². The van der Waals surface area contributed by atoms with Crippen LogP contribution >= 0.6 is 31.9 Å². The summed E-state index contributed by atoms with van der Waals surface area (Å²) in [5.41, 5.74) is 0. The normalized spacial score (nSPS) is 11.9. The van der Waals surface area contributed by atoms with E-state index in [2.05, 4.69) is 36.6 Å². The number of aliphatic hydroxyl groups excluding tert-OH is 1. The highest BCUT2D eigenvalue weighted by Crippen LogP contribution is 1.97. The van der Waals surface area contributed by atoms with Gasteiger partial charge >= 0.3 is 11.9 Å². The monoisotopic (exact) mass is 332 g/mol. The Morgan fingerprint density at radius 1 is 1.21 bits per heavy atom. The van der Waals surface area contributed by atoms with Crippen molar-refractivity contribution in [2.24, 2.45) is 0 Å². The number of aliphatic hydroxyl groups is 1. The fourth-order valence-electron chi connectivity index (χ4n) is 0.566. The van der Waals surface area contributed by atoms with Crippen molar-refractivity contribution in [3.8, 4) is 0 Å². The van der Waals surface area contributed by atoms with E-state index in [1.165, 1.54) is 0 Å². The maximum Gasteiger partial charge on any atom is 0.317 e. The minimum absolute atomic E-state index is 0.0376. The molecular weight excluding hydrogens is 324 g/mol. The number of carbonyl (C=O) groups excluding carboxylic acids is 2. The van der Waals surface area contributed by atoms with E-state index in [-0.39, 0.29) is 23.9 Å². The molecule has 0 bridgehead atoms. The minimum atomic E-state index is -0.803. The van der Waals surface area contributed by atoms with Crippen LogP contribution in [-0.2, 0) is 19.1 Å². The van der Waals surface area contributed by atoms with Gasteiger partial charge in [0.15, 0.2) is 6.10 Å². The number of carbonyl (C=O) groups is 2. The first-order chi connectivity index (χ1) is 6.63. The van der Waals surface area contributed by atoms with Crippen molar-refractivity contribution in [3.63, 3.8) is 0 Å². The van der Waals surface area contributed by atoms with Gasteiger partial charge in [0.2, 0.25) is 0 Å². The summed E-state index contributed by atoms with van der Waals surface area (Å²) < 4.78 is 9.37. The van der Waals surface area contributed by atoms with Crippen molar-refractivity contribution in [1.29, 1.82) is 0 Å². The van der Waals surface area contributed by atoms with E-state index in [4.69, 9.17) is 9.84 Å². The molecule has 14 heavy (non-hydrogen) atoms. The lowest BCUT2D eigenvalue weighted by atomic mass is 10.4. The number of ether oxygens (including phenoxy) is 2. The maximum absolute atomic E-state index is 10.8. The number of rotatable bonds is 6. The standard InChI is InChI=1S/C7H10Br2O5/c8-1-6(11)13-4-5(3-10)14-7(12)2-9/h5,10H,1-4H2. The van der Waals surface area contributed by atoms with Gasteiger partial charge in [-0.3, -0.25) is 9.59 Å². The average Bonchev–Trinajstić information content (AvgIpc) is 2.22. The molecule has 0 aliphatic rings. The first-order valence-corrected chi connectivity index (χ1v) is 5.96. The lowest BCUT2D eigenvalue weighted by molar-refractivity contribution is -0.157. The molecule has 0 heterocycles. The molecule has 1 unspecified atom stereocenters. The molecule has 0 saturated heterocycles. The van der Waals surface area contributed by atoms with Crippen LogP contribution in [-0.4, -0.2) is 47.0 Å². The third-order valence-corrected chi connectivity index (χ3v) is 2.07. The van der Waals surface area contributed by atoms with Gasteiger partial charge in [-0.1, -0.05) is 31.9 Å². The Morgan fingerprint density at radius 2 is 1.79 bits per heavy atom. The van der Waals surface area contributed by atoms with E-state index >= 15 is 0 Å². The molecule has 0 fully saturated rings. The summed E-state index contributed by atoms with van der Waals surface area (Å²) in [6, 6.07) is 0. The van der Waals surface area contributed by atoms with Gasteiger partial charge in [0.1, 0.15) is 17.3 Å². The van der Waals surface area contributed by atoms with Crippen LogP contribution in [0, 0.1) is 0 Å². The van der Waals surface area contributed by atoms with Gasteiger partial charge in [-0.2, -0.15) is 0 Å². The molecule has 0 rings (SSSR count). The number of halogens is 2. The zero-order chi connectivity index (χ0) is 11.0. The van der Waals surface area contributed by atoms with Crippen molar-refractivity contribution in [2.75, 3.05) is 23.9 Å². The number of esters is 2. The predicted octanol–water partition coefficient (Wildman–Crippen LogP) is 0.223. The summed E-state index contributed by atoms with van der Waals surface area (Å²) in [6.07, 6.45) is -0.803. The van der Waals surface area contributed by atoms with E-state index in [1.54, 1.807) is 0 Å². The van der Waals surface area contributed by atoms with Crippen LogP contribution in [0.4, 0.5) is 0 Å². The molecule has 0 aromatic carbocycles. The van der Waals surface area contributed by atoms with E-state index < -0.39 is 18.0 Å². The lowest BCUT2D eigenvalue weighted by Gasteiger charge is -2.14. The molecule has 1 atom stereocenters. The Balaban J connectivity index is 3.79. The van der Waals surface area contributed by atoms with Gasteiger partial charge in [-0.15, -0.1) is 0 Å². The van der Waals surface area contributed by atoms with Gasteiger partial charge in [0, 0.05) is 0 Å². The maximum atomic E-state index is 10.8. The summed E-state index contributed by atoms with van der Waals surface area (Å²) in [4.78, 5) is 21.5. The van der Waals surface area contributed by atoms with Gasteiger partial charge in [0.25, 0.3) is 0 Å². The first kappa shape index (κ1) is 13.9. The second-order valence-corrected chi connectivity index (χ2v) is 3.37. The van der Waals surface area contributed by atoms with Gasteiger partial charge in [-0.05, 0) is 0 Å². The lowest BCUT2D eigenvalue weighted by Crippen LogP contribution is -2.29. The van der Waals surface area contributed by atoms with Crippen LogP contribution < -0.4 is 0 Å². The van der Waals surface area contributed by atoms with Crippen LogP contribution in [0.1, 0.15) is 0 Å². The molecule has 5 nitrogen and oxygen atoms in total. The number of alkyl halides is 2. The van der Waals surface area contributed by atoms with Crippen molar-refractivity contribution >= 4 is 43.8 Å². The molecular formula is C7H10Br2O5. The fourth-order valence-corrected chi connectivity index (χ4v) is 0.860. The van der Waals surface area contributed by atoms with Crippen LogP contribution in [0.3, 0.4) is 0 Å². The molecule has 0 aromatic rings. The van der Waals surface area contributed by atoms with E-state index in [1.807, 2.05) is 0 Å². The number of hydrogen-bond donors (Lipinski definition) is 1.